The minimum Gasteiger partial charge on any atom is -0.462 e. The molecule has 0 aromatic carbocycles. The molecule has 2 nitrogen and oxygen atoms in total. The highest BCUT2D eigenvalue weighted by Gasteiger charge is 2.28. The van der Waals surface area contributed by atoms with Gasteiger partial charge in [-0.05, 0) is 17.8 Å². The Kier molecular flexibility index (Phi) is 5.17. The molecule has 0 aromatic rings. The second kappa shape index (κ2) is 5.38. The number of hydrogen-bond donors (Lipinski definition) is 0. The first-order valence-corrected chi connectivity index (χ1v) is 5.44. The molecule has 0 rings (SSSR count). The Hall–Kier alpha value is -0.530. The van der Waals surface area contributed by atoms with Gasteiger partial charge in [0.25, 0.3) is 0 Å². The Bertz CT molecular complexity index is 179. The molecular formula is C12H24O2. The van der Waals surface area contributed by atoms with Crippen molar-refractivity contribution in [2.75, 3.05) is 0 Å². The molecule has 0 bridgehead atoms. The zero-order valence-corrected chi connectivity index (χ0v) is 10.4. The highest BCUT2D eigenvalue weighted by atomic mass is 16.5. The van der Waals surface area contributed by atoms with Crippen LogP contribution in [0, 0.1) is 11.3 Å². The fraction of sp³-hybridized carbons (Fsp3) is 0.917. The molecule has 2 heteroatoms. The van der Waals surface area contributed by atoms with Crippen LogP contribution < -0.4 is 0 Å². The largest absolute Gasteiger partial charge is 0.462 e. The zero-order chi connectivity index (χ0) is 11.4. The van der Waals surface area contributed by atoms with Crippen LogP contribution in [0.25, 0.3) is 0 Å². The van der Waals surface area contributed by atoms with E-state index in [1.807, 2.05) is 0 Å². The lowest BCUT2D eigenvalue weighted by Gasteiger charge is -2.31. The van der Waals surface area contributed by atoms with Crippen LogP contribution in [-0.2, 0) is 9.53 Å². The molecule has 0 heterocycles. The number of hydrogen-bond acceptors (Lipinski definition) is 2. The summed E-state index contributed by atoms with van der Waals surface area (Å²) in [7, 11) is 0. The van der Waals surface area contributed by atoms with E-state index in [-0.39, 0.29) is 17.5 Å². The minimum absolute atomic E-state index is 0.0368. The van der Waals surface area contributed by atoms with Crippen molar-refractivity contribution in [1.82, 2.24) is 0 Å². The predicted molar refractivity (Wildman–Crippen MR) is 59.1 cm³/mol. The molecule has 0 N–H and O–H groups in total. The summed E-state index contributed by atoms with van der Waals surface area (Å²) >= 11 is 0. The third-order valence-corrected chi connectivity index (χ3v) is 2.59. The van der Waals surface area contributed by atoms with Crippen LogP contribution in [0.4, 0.5) is 0 Å². The van der Waals surface area contributed by atoms with E-state index in [2.05, 4.69) is 34.6 Å². The average Bonchev–Trinajstić information content (AvgIpc) is 2.00. The van der Waals surface area contributed by atoms with Crippen molar-refractivity contribution in [1.29, 1.82) is 0 Å². The quantitative estimate of drug-likeness (QED) is 0.650. The number of esters is 1. The van der Waals surface area contributed by atoms with Crippen molar-refractivity contribution in [3.63, 3.8) is 0 Å². The van der Waals surface area contributed by atoms with Gasteiger partial charge in [-0.2, -0.15) is 0 Å². The Morgan fingerprint density at radius 1 is 1.36 bits per heavy atom. The predicted octanol–water partition coefficient (Wildman–Crippen LogP) is 3.40. The lowest BCUT2D eigenvalue weighted by atomic mass is 9.83. The lowest BCUT2D eigenvalue weighted by Crippen LogP contribution is -2.32. The summed E-state index contributed by atoms with van der Waals surface area (Å²) in [6.45, 7) is 12.2. The van der Waals surface area contributed by atoms with Crippen LogP contribution in [0.5, 0.6) is 0 Å². The van der Waals surface area contributed by atoms with Crippen molar-refractivity contribution in [2.24, 2.45) is 11.3 Å². The first-order chi connectivity index (χ1) is 6.27. The molecule has 0 amide bonds. The van der Waals surface area contributed by atoms with Gasteiger partial charge in [0.1, 0.15) is 6.10 Å². The van der Waals surface area contributed by atoms with Gasteiger partial charge in [0.2, 0.25) is 0 Å². The van der Waals surface area contributed by atoms with Crippen molar-refractivity contribution in [3.05, 3.63) is 0 Å². The second-order valence-corrected chi connectivity index (χ2v) is 5.21. The van der Waals surface area contributed by atoms with E-state index in [1.165, 1.54) is 6.92 Å². The summed E-state index contributed by atoms with van der Waals surface area (Å²) in [5.74, 6) is 0.437. The third kappa shape index (κ3) is 5.25. The Morgan fingerprint density at radius 3 is 2.14 bits per heavy atom. The van der Waals surface area contributed by atoms with Gasteiger partial charge in [0.05, 0.1) is 0 Å². The Labute approximate surface area is 88.0 Å². The standard InChI is InChI=1S/C12H24O2/c1-7-9(2)8-11(12(4,5)6)14-10(3)13/h9,11H,7-8H2,1-6H3/t9-,11+/m0/s1. The highest BCUT2D eigenvalue weighted by Crippen LogP contribution is 2.28. The maximum absolute atomic E-state index is 10.9. The number of rotatable bonds is 4. The molecule has 0 aliphatic carbocycles. The molecule has 2 atom stereocenters. The van der Waals surface area contributed by atoms with E-state index in [0.29, 0.717) is 5.92 Å². The molecule has 0 saturated carbocycles. The molecular weight excluding hydrogens is 176 g/mol. The SMILES string of the molecule is CC[C@H](C)C[C@@H](OC(C)=O)C(C)(C)C. The van der Waals surface area contributed by atoms with Gasteiger partial charge in [-0.3, -0.25) is 4.79 Å². The van der Waals surface area contributed by atoms with E-state index in [4.69, 9.17) is 4.74 Å². The normalized spacial score (nSPS) is 16.1. The summed E-state index contributed by atoms with van der Waals surface area (Å²) in [6, 6.07) is 0. The summed E-state index contributed by atoms with van der Waals surface area (Å²) in [5, 5.41) is 0. The van der Waals surface area contributed by atoms with Crippen molar-refractivity contribution in [2.45, 2.75) is 60.5 Å². The molecule has 0 aliphatic heterocycles. The van der Waals surface area contributed by atoms with Gasteiger partial charge in [0.15, 0.2) is 0 Å². The first kappa shape index (κ1) is 13.5. The molecule has 0 radical (unpaired) electrons. The summed E-state index contributed by atoms with van der Waals surface area (Å²) in [5.41, 5.74) is 0.0368. The van der Waals surface area contributed by atoms with Crippen molar-refractivity contribution in [3.8, 4) is 0 Å². The fourth-order valence-electron chi connectivity index (χ4n) is 1.31. The van der Waals surface area contributed by atoms with Crippen molar-refractivity contribution < 1.29 is 9.53 Å². The topological polar surface area (TPSA) is 26.3 Å². The average molecular weight is 200 g/mol. The van der Waals surface area contributed by atoms with Crippen molar-refractivity contribution >= 4 is 5.97 Å². The van der Waals surface area contributed by atoms with Gasteiger partial charge in [-0.1, -0.05) is 41.0 Å². The smallest absolute Gasteiger partial charge is 0.302 e. The van der Waals surface area contributed by atoms with Crippen LogP contribution in [-0.4, -0.2) is 12.1 Å². The molecule has 0 aliphatic rings. The summed E-state index contributed by atoms with van der Waals surface area (Å²) in [4.78, 5) is 10.9. The summed E-state index contributed by atoms with van der Waals surface area (Å²) in [6.07, 6.45) is 2.13. The third-order valence-electron chi connectivity index (χ3n) is 2.59. The van der Waals surface area contributed by atoms with Crippen LogP contribution in [0.1, 0.15) is 54.4 Å². The number of carbonyl (C=O) groups is 1. The zero-order valence-electron chi connectivity index (χ0n) is 10.4. The fourth-order valence-corrected chi connectivity index (χ4v) is 1.31. The molecule has 0 fully saturated rings. The van der Waals surface area contributed by atoms with E-state index in [9.17, 15) is 4.79 Å². The molecule has 0 spiro atoms. The molecule has 14 heavy (non-hydrogen) atoms. The van der Waals surface area contributed by atoms with E-state index in [0.717, 1.165) is 12.8 Å². The first-order valence-electron chi connectivity index (χ1n) is 5.44. The molecule has 0 aromatic heterocycles. The Morgan fingerprint density at radius 2 is 1.86 bits per heavy atom. The molecule has 0 saturated heterocycles. The molecule has 84 valence electrons. The summed E-state index contributed by atoms with van der Waals surface area (Å²) < 4.78 is 5.35. The van der Waals surface area contributed by atoms with Gasteiger partial charge in [-0.25, -0.2) is 0 Å². The van der Waals surface area contributed by atoms with Gasteiger partial charge in [0, 0.05) is 6.92 Å². The van der Waals surface area contributed by atoms with E-state index in [1.54, 1.807) is 0 Å². The van der Waals surface area contributed by atoms with Crippen LogP contribution in [0.2, 0.25) is 0 Å². The van der Waals surface area contributed by atoms with Crippen LogP contribution in [0.15, 0.2) is 0 Å². The van der Waals surface area contributed by atoms with E-state index < -0.39 is 0 Å². The monoisotopic (exact) mass is 200 g/mol. The van der Waals surface area contributed by atoms with Gasteiger partial charge < -0.3 is 4.74 Å². The Balaban J connectivity index is 4.33. The maximum atomic E-state index is 10.9. The van der Waals surface area contributed by atoms with Gasteiger partial charge >= 0.3 is 5.97 Å². The van der Waals surface area contributed by atoms with E-state index >= 15 is 0 Å². The lowest BCUT2D eigenvalue weighted by molar-refractivity contribution is -0.153. The minimum atomic E-state index is -0.173. The number of carbonyl (C=O) groups excluding carboxylic acids is 1. The van der Waals surface area contributed by atoms with Crippen LogP contribution >= 0.6 is 0 Å². The number of ether oxygens (including phenoxy) is 1. The highest BCUT2D eigenvalue weighted by molar-refractivity contribution is 5.66. The van der Waals surface area contributed by atoms with Crippen LogP contribution in [0.3, 0.4) is 0 Å². The van der Waals surface area contributed by atoms with Gasteiger partial charge in [-0.15, -0.1) is 0 Å². The second-order valence-electron chi connectivity index (χ2n) is 5.21. The molecule has 0 unspecified atom stereocenters. The maximum Gasteiger partial charge on any atom is 0.302 e.